The molecule has 114 valence electrons. The molecule has 0 aliphatic carbocycles. The Kier molecular flexibility index (Phi) is 3.50. The van der Waals surface area contributed by atoms with Gasteiger partial charge in [0.2, 0.25) is 0 Å². The van der Waals surface area contributed by atoms with Crippen LogP contribution in [-0.4, -0.2) is 23.7 Å². The van der Waals surface area contributed by atoms with Crippen LogP contribution in [0.4, 0.5) is 8.78 Å². The first-order chi connectivity index (χ1) is 10.6. The number of nitrogens with zero attached hydrogens (tertiary/aromatic N) is 1. The average Bonchev–Trinajstić information content (AvgIpc) is 3.00. The number of benzene rings is 1. The lowest BCUT2D eigenvalue weighted by molar-refractivity contribution is -0.0511. The molecule has 2 aromatic heterocycles. The van der Waals surface area contributed by atoms with E-state index in [4.69, 9.17) is 9.15 Å². The zero-order chi connectivity index (χ0) is 15.7. The molecule has 0 atom stereocenters. The molecule has 0 amide bonds. The maximum absolute atomic E-state index is 12.4. The van der Waals surface area contributed by atoms with Crippen molar-refractivity contribution in [3.8, 4) is 22.9 Å². The first-order valence-electron chi connectivity index (χ1n) is 6.18. The van der Waals surface area contributed by atoms with Crippen molar-refractivity contribution in [2.75, 3.05) is 7.11 Å². The Labute approximate surface area is 122 Å². The largest absolute Gasteiger partial charge is 0.493 e. The monoisotopic (exact) mass is 308 g/mol. The van der Waals surface area contributed by atoms with Crippen molar-refractivity contribution >= 4 is 10.9 Å². The fourth-order valence-corrected chi connectivity index (χ4v) is 2.03. The number of ether oxygens (including phenoxy) is 2. The Hall–Kier alpha value is -2.90. The normalized spacial score (nSPS) is 11.1. The van der Waals surface area contributed by atoms with Gasteiger partial charge in [-0.2, -0.15) is 8.78 Å². The molecule has 1 N–H and O–H groups in total. The van der Waals surface area contributed by atoms with E-state index < -0.39 is 12.2 Å². The van der Waals surface area contributed by atoms with E-state index >= 15 is 0 Å². The minimum absolute atomic E-state index is 0.0242. The molecule has 0 aliphatic heterocycles. The highest BCUT2D eigenvalue weighted by molar-refractivity contribution is 5.83. The van der Waals surface area contributed by atoms with Crippen molar-refractivity contribution < 1.29 is 22.7 Å². The third-order valence-corrected chi connectivity index (χ3v) is 3.00. The molecular weight excluding hydrogens is 298 g/mol. The number of hydrogen-bond donors (Lipinski definition) is 1. The molecule has 0 fully saturated rings. The Morgan fingerprint density at radius 3 is 2.77 bits per heavy atom. The van der Waals surface area contributed by atoms with Gasteiger partial charge in [-0.1, -0.05) is 0 Å². The van der Waals surface area contributed by atoms with Gasteiger partial charge in [-0.05, 0) is 12.1 Å². The minimum atomic E-state index is -3.01. The van der Waals surface area contributed by atoms with Gasteiger partial charge in [0.05, 0.1) is 29.8 Å². The number of furan rings is 1. The quantitative estimate of drug-likeness (QED) is 0.802. The summed E-state index contributed by atoms with van der Waals surface area (Å²) in [7, 11) is 1.29. The Bertz CT molecular complexity index is 859. The Balaban J connectivity index is 2.21. The van der Waals surface area contributed by atoms with Crippen LogP contribution in [0.2, 0.25) is 0 Å². The number of nitrogens with one attached hydrogen (secondary N) is 1. The second-order valence-electron chi connectivity index (χ2n) is 4.33. The predicted octanol–water partition coefficient (Wildman–Crippen LogP) is 2.79. The summed E-state index contributed by atoms with van der Waals surface area (Å²) >= 11 is 0. The van der Waals surface area contributed by atoms with Crippen LogP contribution in [0.1, 0.15) is 0 Å². The van der Waals surface area contributed by atoms with Gasteiger partial charge in [0.1, 0.15) is 12.1 Å². The van der Waals surface area contributed by atoms with Crippen molar-refractivity contribution in [2.45, 2.75) is 6.61 Å². The lowest BCUT2D eigenvalue weighted by Gasteiger charge is -2.11. The van der Waals surface area contributed by atoms with Crippen molar-refractivity contribution in [1.29, 1.82) is 0 Å². The molecule has 0 spiro atoms. The van der Waals surface area contributed by atoms with Gasteiger partial charge in [0.25, 0.3) is 5.56 Å². The van der Waals surface area contributed by atoms with Crippen LogP contribution in [0.25, 0.3) is 22.3 Å². The van der Waals surface area contributed by atoms with Crippen molar-refractivity contribution in [1.82, 2.24) is 9.97 Å². The Morgan fingerprint density at radius 2 is 2.14 bits per heavy atom. The van der Waals surface area contributed by atoms with Crippen LogP contribution in [0.5, 0.6) is 11.5 Å². The second kappa shape index (κ2) is 5.47. The molecule has 0 saturated heterocycles. The second-order valence-corrected chi connectivity index (χ2v) is 4.33. The van der Waals surface area contributed by atoms with Crippen molar-refractivity contribution in [2.24, 2.45) is 0 Å². The number of alkyl halides is 2. The van der Waals surface area contributed by atoms with Crippen LogP contribution in [-0.2, 0) is 0 Å². The predicted molar refractivity (Wildman–Crippen MR) is 73.2 cm³/mol. The molecule has 0 saturated carbocycles. The van der Waals surface area contributed by atoms with Crippen LogP contribution in [0.3, 0.4) is 0 Å². The number of H-pyrrole nitrogens is 1. The summed E-state index contributed by atoms with van der Waals surface area (Å²) in [6.45, 7) is -3.01. The molecule has 22 heavy (non-hydrogen) atoms. The van der Waals surface area contributed by atoms with Gasteiger partial charge >= 0.3 is 6.61 Å². The maximum Gasteiger partial charge on any atom is 0.387 e. The van der Waals surface area contributed by atoms with Gasteiger partial charge < -0.3 is 18.9 Å². The SMILES string of the molecule is COc1cc2c(=O)[nH]c(-c3ccoc3)nc2cc1OC(F)F. The van der Waals surface area contributed by atoms with E-state index in [1.54, 1.807) is 6.07 Å². The molecular formula is C14H10F2N2O4. The number of aromatic amines is 1. The molecule has 0 bridgehead atoms. The lowest BCUT2D eigenvalue weighted by atomic mass is 10.2. The molecule has 0 aliphatic rings. The topological polar surface area (TPSA) is 77.4 Å². The molecule has 0 unspecified atom stereocenters. The zero-order valence-corrected chi connectivity index (χ0v) is 11.3. The van der Waals surface area contributed by atoms with Crippen LogP contribution >= 0.6 is 0 Å². The van der Waals surface area contributed by atoms with E-state index in [0.29, 0.717) is 5.56 Å². The van der Waals surface area contributed by atoms with E-state index in [2.05, 4.69) is 14.7 Å². The fraction of sp³-hybridized carbons (Fsp3) is 0.143. The van der Waals surface area contributed by atoms with Crippen molar-refractivity contribution in [3.05, 3.63) is 41.1 Å². The standard InChI is InChI=1S/C14H10F2N2O4/c1-20-10-4-8-9(5-11(10)22-14(15)16)17-12(18-13(8)19)7-2-3-21-6-7/h2-6,14H,1H3,(H,17,18,19). The molecule has 8 heteroatoms. The number of rotatable bonds is 4. The van der Waals surface area contributed by atoms with E-state index in [1.165, 1.54) is 31.8 Å². The fourth-order valence-electron chi connectivity index (χ4n) is 2.03. The molecule has 2 heterocycles. The number of halogens is 2. The summed E-state index contributed by atoms with van der Waals surface area (Å²) in [5, 5.41) is 0.200. The summed E-state index contributed by atoms with van der Waals surface area (Å²) < 4.78 is 39.2. The molecule has 3 aromatic rings. The first-order valence-corrected chi connectivity index (χ1v) is 6.18. The summed E-state index contributed by atoms with van der Waals surface area (Å²) in [6.07, 6.45) is 2.84. The highest BCUT2D eigenvalue weighted by Crippen LogP contribution is 2.32. The third-order valence-electron chi connectivity index (χ3n) is 3.00. The number of fused-ring (bicyclic) bond motifs is 1. The summed E-state index contributed by atoms with van der Waals surface area (Å²) in [6, 6.07) is 4.15. The molecule has 6 nitrogen and oxygen atoms in total. The highest BCUT2D eigenvalue weighted by atomic mass is 19.3. The Morgan fingerprint density at radius 1 is 1.32 bits per heavy atom. The number of methoxy groups -OCH3 is 1. The van der Waals surface area contributed by atoms with Gasteiger partial charge in [-0.15, -0.1) is 0 Å². The highest BCUT2D eigenvalue weighted by Gasteiger charge is 2.15. The summed E-state index contributed by atoms with van der Waals surface area (Å²) in [5.41, 5.74) is 0.339. The van der Waals surface area contributed by atoms with E-state index in [-0.39, 0.29) is 28.2 Å². The minimum Gasteiger partial charge on any atom is -0.493 e. The van der Waals surface area contributed by atoms with Gasteiger partial charge in [0, 0.05) is 6.07 Å². The lowest BCUT2D eigenvalue weighted by Crippen LogP contribution is -2.10. The summed E-state index contributed by atoms with van der Waals surface area (Å²) in [5.74, 6) is 0.0943. The summed E-state index contributed by atoms with van der Waals surface area (Å²) in [4.78, 5) is 18.9. The van der Waals surface area contributed by atoms with Crippen LogP contribution in [0, 0.1) is 0 Å². The number of hydrogen-bond acceptors (Lipinski definition) is 5. The van der Waals surface area contributed by atoms with E-state index in [1.807, 2.05) is 0 Å². The first kappa shape index (κ1) is 14.1. The maximum atomic E-state index is 12.4. The van der Waals surface area contributed by atoms with Gasteiger partial charge in [-0.3, -0.25) is 4.79 Å². The number of aromatic nitrogens is 2. The average molecular weight is 308 g/mol. The zero-order valence-electron chi connectivity index (χ0n) is 11.3. The van der Waals surface area contributed by atoms with Crippen LogP contribution < -0.4 is 15.0 Å². The third kappa shape index (κ3) is 2.50. The van der Waals surface area contributed by atoms with Crippen molar-refractivity contribution in [3.63, 3.8) is 0 Å². The molecule has 1 aromatic carbocycles. The smallest absolute Gasteiger partial charge is 0.387 e. The van der Waals surface area contributed by atoms with Gasteiger partial charge in [-0.25, -0.2) is 4.98 Å². The van der Waals surface area contributed by atoms with E-state index in [9.17, 15) is 13.6 Å². The van der Waals surface area contributed by atoms with E-state index in [0.717, 1.165) is 0 Å². The van der Waals surface area contributed by atoms with Gasteiger partial charge in [0.15, 0.2) is 11.5 Å². The molecule has 0 radical (unpaired) electrons. The molecule has 3 rings (SSSR count). The van der Waals surface area contributed by atoms with Crippen LogP contribution in [0.15, 0.2) is 39.9 Å².